The summed E-state index contributed by atoms with van der Waals surface area (Å²) in [5, 5.41) is 8.58. The fourth-order valence-electron chi connectivity index (χ4n) is 2.11. The first-order valence-electron chi connectivity index (χ1n) is 6.09. The Kier molecular flexibility index (Phi) is 2.79. The van der Waals surface area contributed by atoms with E-state index in [9.17, 15) is 0 Å². The van der Waals surface area contributed by atoms with Gasteiger partial charge in [0.2, 0.25) is 0 Å². The Labute approximate surface area is 111 Å². The molecule has 5 nitrogen and oxygen atoms in total. The van der Waals surface area contributed by atoms with Gasteiger partial charge in [0.05, 0.1) is 23.4 Å². The normalized spacial score (nSPS) is 10.8. The minimum absolute atomic E-state index is 0.696. The molecule has 1 aromatic carbocycles. The lowest BCUT2D eigenvalue weighted by atomic mass is 10.1. The molecule has 0 amide bonds. The van der Waals surface area contributed by atoms with Gasteiger partial charge in [-0.1, -0.05) is 0 Å². The second-order valence-electron chi connectivity index (χ2n) is 4.40. The molecule has 96 valence electrons. The number of nitrogen functional groups attached to an aromatic ring is 1. The van der Waals surface area contributed by atoms with Crippen molar-refractivity contribution in [2.75, 3.05) is 11.1 Å². The van der Waals surface area contributed by atoms with Crippen molar-refractivity contribution < 1.29 is 0 Å². The molecule has 3 aromatic rings. The summed E-state index contributed by atoms with van der Waals surface area (Å²) < 4.78 is 1.85. The molecule has 0 aliphatic carbocycles. The molecule has 0 fully saturated rings. The number of benzene rings is 1. The van der Waals surface area contributed by atoms with E-state index in [2.05, 4.69) is 15.4 Å². The van der Waals surface area contributed by atoms with Crippen molar-refractivity contribution in [2.45, 2.75) is 6.54 Å². The zero-order valence-corrected chi connectivity index (χ0v) is 10.7. The first-order valence-corrected chi connectivity index (χ1v) is 6.09. The second kappa shape index (κ2) is 4.61. The Balaban J connectivity index is 1.93. The van der Waals surface area contributed by atoms with E-state index in [1.165, 1.54) is 0 Å². The lowest BCUT2D eigenvalue weighted by Gasteiger charge is -2.10. The first kappa shape index (κ1) is 11.5. The zero-order valence-electron chi connectivity index (χ0n) is 10.7. The summed E-state index contributed by atoms with van der Waals surface area (Å²) >= 11 is 0. The smallest absolute Gasteiger partial charge is 0.0951 e. The molecule has 19 heavy (non-hydrogen) atoms. The zero-order chi connectivity index (χ0) is 13.2. The van der Waals surface area contributed by atoms with Crippen molar-refractivity contribution in [1.29, 1.82) is 0 Å². The SMILES string of the molecule is Cn1nccc1CNc1ccc(N)c2ncccc12. The van der Waals surface area contributed by atoms with E-state index >= 15 is 0 Å². The first-order chi connectivity index (χ1) is 9.25. The van der Waals surface area contributed by atoms with Gasteiger partial charge in [-0.05, 0) is 30.3 Å². The maximum atomic E-state index is 5.94. The minimum Gasteiger partial charge on any atom is -0.397 e. The van der Waals surface area contributed by atoms with Crippen molar-refractivity contribution in [3.8, 4) is 0 Å². The number of nitrogens with zero attached hydrogens (tertiary/aromatic N) is 3. The Morgan fingerprint density at radius 2 is 2.11 bits per heavy atom. The summed E-state index contributed by atoms with van der Waals surface area (Å²) in [7, 11) is 1.93. The van der Waals surface area contributed by atoms with Crippen LogP contribution in [0.1, 0.15) is 5.69 Å². The van der Waals surface area contributed by atoms with E-state index in [0.29, 0.717) is 12.2 Å². The molecule has 0 radical (unpaired) electrons. The van der Waals surface area contributed by atoms with Gasteiger partial charge in [0.15, 0.2) is 0 Å². The molecule has 0 unspecified atom stereocenters. The van der Waals surface area contributed by atoms with Crippen LogP contribution >= 0.6 is 0 Å². The molecule has 2 aromatic heterocycles. The van der Waals surface area contributed by atoms with E-state index in [4.69, 9.17) is 5.73 Å². The molecule has 0 spiro atoms. The van der Waals surface area contributed by atoms with Crippen LogP contribution in [0.2, 0.25) is 0 Å². The fourth-order valence-corrected chi connectivity index (χ4v) is 2.11. The molecule has 3 rings (SSSR count). The Bertz CT molecular complexity index is 717. The van der Waals surface area contributed by atoms with Crippen LogP contribution in [0.4, 0.5) is 11.4 Å². The second-order valence-corrected chi connectivity index (χ2v) is 4.40. The lowest BCUT2D eigenvalue weighted by molar-refractivity contribution is 0.721. The summed E-state index contributed by atoms with van der Waals surface area (Å²) in [6, 6.07) is 9.78. The highest BCUT2D eigenvalue weighted by Gasteiger charge is 2.05. The van der Waals surface area contributed by atoms with Crippen LogP contribution in [0.5, 0.6) is 0 Å². The molecular formula is C14H15N5. The fraction of sp³-hybridized carbons (Fsp3) is 0.143. The van der Waals surface area contributed by atoms with Gasteiger partial charge >= 0.3 is 0 Å². The van der Waals surface area contributed by atoms with Gasteiger partial charge in [0.25, 0.3) is 0 Å². The molecule has 5 heteroatoms. The average molecular weight is 253 g/mol. The predicted molar refractivity (Wildman–Crippen MR) is 76.7 cm³/mol. The van der Waals surface area contributed by atoms with E-state index in [1.54, 1.807) is 12.4 Å². The third-order valence-electron chi connectivity index (χ3n) is 3.18. The highest BCUT2D eigenvalue weighted by atomic mass is 15.3. The van der Waals surface area contributed by atoms with E-state index < -0.39 is 0 Å². The van der Waals surface area contributed by atoms with Crippen LogP contribution in [-0.4, -0.2) is 14.8 Å². The van der Waals surface area contributed by atoms with Crippen molar-refractivity contribution in [3.05, 3.63) is 48.4 Å². The molecule has 0 atom stereocenters. The molecule has 0 saturated heterocycles. The largest absolute Gasteiger partial charge is 0.397 e. The van der Waals surface area contributed by atoms with E-state index in [0.717, 1.165) is 22.3 Å². The number of rotatable bonds is 3. The van der Waals surface area contributed by atoms with Crippen LogP contribution in [0.15, 0.2) is 42.7 Å². The summed E-state index contributed by atoms with van der Waals surface area (Å²) in [6.07, 6.45) is 3.54. The molecule has 0 aliphatic rings. The summed E-state index contributed by atoms with van der Waals surface area (Å²) in [6.45, 7) is 0.713. The van der Waals surface area contributed by atoms with E-state index in [1.807, 2.05) is 42.1 Å². The topological polar surface area (TPSA) is 68.8 Å². The van der Waals surface area contributed by atoms with Gasteiger partial charge in [-0.25, -0.2) is 0 Å². The van der Waals surface area contributed by atoms with Crippen LogP contribution in [-0.2, 0) is 13.6 Å². The minimum atomic E-state index is 0.696. The Morgan fingerprint density at radius 1 is 1.21 bits per heavy atom. The maximum absolute atomic E-state index is 5.94. The Morgan fingerprint density at radius 3 is 2.89 bits per heavy atom. The Hall–Kier alpha value is -2.56. The third kappa shape index (κ3) is 2.10. The van der Waals surface area contributed by atoms with Crippen LogP contribution in [0.25, 0.3) is 10.9 Å². The van der Waals surface area contributed by atoms with Gasteiger partial charge in [-0.15, -0.1) is 0 Å². The molecule has 3 N–H and O–H groups in total. The highest BCUT2D eigenvalue weighted by Crippen LogP contribution is 2.26. The predicted octanol–water partition coefficient (Wildman–Crippen LogP) is 2.16. The van der Waals surface area contributed by atoms with Gasteiger partial charge in [-0.3, -0.25) is 9.67 Å². The summed E-state index contributed by atoms with van der Waals surface area (Å²) in [5.41, 5.74) is 9.61. The lowest BCUT2D eigenvalue weighted by Crippen LogP contribution is -2.06. The summed E-state index contributed by atoms with van der Waals surface area (Å²) in [5.74, 6) is 0. The molecule has 0 aliphatic heterocycles. The number of anilines is 2. The number of nitrogens with two attached hydrogens (primary N) is 1. The highest BCUT2D eigenvalue weighted by molar-refractivity contribution is 5.98. The number of nitrogens with one attached hydrogen (secondary N) is 1. The van der Waals surface area contributed by atoms with Crippen molar-refractivity contribution in [1.82, 2.24) is 14.8 Å². The van der Waals surface area contributed by atoms with E-state index in [-0.39, 0.29) is 0 Å². The van der Waals surface area contributed by atoms with Crippen molar-refractivity contribution in [2.24, 2.45) is 7.05 Å². The average Bonchev–Trinajstić information content (AvgIpc) is 2.84. The number of aromatic nitrogens is 3. The quantitative estimate of drug-likeness (QED) is 0.702. The van der Waals surface area contributed by atoms with Gasteiger partial charge < -0.3 is 11.1 Å². The van der Waals surface area contributed by atoms with Gasteiger partial charge in [-0.2, -0.15) is 5.10 Å². The number of aryl methyl sites for hydroxylation is 1. The van der Waals surface area contributed by atoms with Crippen LogP contribution < -0.4 is 11.1 Å². The molecule has 2 heterocycles. The maximum Gasteiger partial charge on any atom is 0.0951 e. The third-order valence-corrected chi connectivity index (χ3v) is 3.18. The van der Waals surface area contributed by atoms with Crippen LogP contribution in [0, 0.1) is 0 Å². The number of pyridine rings is 1. The standard InChI is InChI=1S/C14H15N5/c1-19-10(6-8-18-19)9-17-13-5-4-12(15)14-11(13)3-2-7-16-14/h2-8,17H,9,15H2,1H3. The number of fused-ring (bicyclic) bond motifs is 1. The number of hydrogen-bond acceptors (Lipinski definition) is 4. The van der Waals surface area contributed by atoms with Crippen molar-refractivity contribution in [3.63, 3.8) is 0 Å². The monoisotopic (exact) mass is 253 g/mol. The van der Waals surface area contributed by atoms with Gasteiger partial charge in [0.1, 0.15) is 0 Å². The number of hydrogen-bond donors (Lipinski definition) is 2. The molecule has 0 bridgehead atoms. The molecular weight excluding hydrogens is 238 g/mol. The van der Waals surface area contributed by atoms with Crippen LogP contribution in [0.3, 0.4) is 0 Å². The summed E-state index contributed by atoms with van der Waals surface area (Å²) in [4.78, 5) is 4.32. The van der Waals surface area contributed by atoms with Gasteiger partial charge in [0, 0.05) is 30.5 Å². The molecule has 0 saturated carbocycles. The van der Waals surface area contributed by atoms with Crippen molar-refractivity contribution >= 4 is 22.3 Å².